The molecule has 1 aliphatic carbocycles. The van der Waals surface area contributed by atoms with Gasteiger partial charge in [0.2, 0.25) is 0 Å². The minimum atomic E-state index is 0.306. The van der Waals surface area contributed by atoms with Gasteiger partial charge in [-0.3, -0.25) is 0 Å². The number of nitrogens with zero attached hydrogens (tertiary/aromatic N) is 2. The average Bonchev–Trinajstić information content (AvgIpc) is 3.53. The third-order valence-corrected chi connectivity index (χ3v) is 9.42. The molecule has 0 bridgehead atoms. The number of piperidine rings is 1. The first kappa shape index (κ1) is 24.9. The van der Waals surface area contributed by atoms with Crippen LogP contribution in [0.2, 0.25) is 0 Å². The van der Waals surface area contributed by atoms with Crippen LogP contribution in [-0.2, 0) is 6.42 Å². The van der Waals surface area contributed by atoms with Crippen molar-refractivity contribution in [2.24, 2.45) is 5.41 Å². The van der Waals surface area contributed by atoms with Crippen molar-refractivity contribution in [3.8, 4) is 0 Å². The molecule has 0 amide bonds. The highest BCUT2D eigenvalue weighted by molar-refractivity contribution is 5.67. The van der Waals surface area contributed by atoms with Gasteiger partial charge in [-0.05, 0) is 97.4 Å². The molecule has 3 aromatic rings. The molecule has 3 aromatic carbocycles. The molecular weight excluding hydrogens is 462 g/mol. The Morgan fingerprint density at radius 2 is 1.63 bits per heavy atom. The van der Waals surface area contributed by atoms with E-state index in [1.165, 1.54) is 64.0 Å². The molecule has 2 saturated heterocycles. The molecule has 0 aromatic heterocycles. The summed E-state index contributed by atoms with van der Waals surface area (Å²) in [6.07, 6.45) is 6.04. The zero-order valence-electron chi connectivity index (χ0n) is 23.1. The summed E-state index contributed by atoms with van der Waals surface area (Å²) in [6, 6.07) is 24.9. The lowest BCUT2D eigenvalue weighted by Gasteiger charge is -2.40. The number of rotatable bonds is 6. The van der Waals surface area contributed by atoms with Crippen LogP contribution in [0.25, 0.3) is 11.4 Å². The smallest absolute Gasteiger partial charge is 0.0519 e. The molecule has 1 unspecified atom stereocenters. The third-order valence-electron chi connectivity index (χ3n) is 9.42. The molecule has 2 heterocycles. The Morgan fingerprint density at radius 3 is 2.39 bits per heavy atom. The Kier molecular flexibility index (Phi) is 6.55. The van der Waals surface area contributed by atoms with Gasteiger partial charge >= 0.3 is 0 Å². The van der Waals surface area contributed by atoms with Gasteiger partial charge in [-0.2, -0.15) is 0 Å². The molecule has 2 fully saturated rings. The van der Waals surface area contributed by atoms with Crippen LogP contribution in [0.15, 0.2) is 79.9 Å². The van der Waals surface area contributed by atoms with Gasteiger partial charge in [0.15, 0.2) is 0 Å². The van der Waals surface area contributed by atoms with Crippen molar-refractivity contribution >= 4 is 17.1 Å². The highest BCUT2D eigenvalue weighted by Crippen LogP contribution is 2.44. The summed E-state index contributed by atoms with van der Waals surface area (Å²) in [4.78, 5) is 5.13. The van der Waals surface area contributed by atoms with E-state index < -0.39 is 0 Å². The van der Waals surface area contributed by atoms with Gasteiger partial charge in [0, 0.05) is 43.3 Å². The first-order valence-corrected chi connectivity index (χ1v) is 14.3. The van der Waals surface area contributed by atoms with Crippen LogP contribution >= 0.6 is 0 Å². The number of aryl methyl sites for hydroxylation is 3. The maximum atomic E-state index is 4.60. The van der Waals surface area contributed by atoms with Gasteiger partial charge in [-0.25, -0.2) is 0 Å². The number of hydrogen-bond acceptors (Lipinski definition) is 3. The molecule has 1 atom stereocenters. The number of fused-ring (bicyclic) bond motifs is 1. The van der Waals surface area contributed by atoms with E-state index in [1.54, 1.807) is 0 Å². The van der Waals surface area contributed by atoms with E-state index in [0.717, 1.165) is 44.7 Å². The number of likely N-dealkylation sites (tertiary alicyclic amines) is 1. The van der Waals surface area contributed by atoms with Crippen molar-refractivity contribution in [1.29, 1.82) is 0 Å². The number of nitrogens with one attached hydrogen (secondary N) is 1. The Labute approximate surface area is 228 Å². The fourth-order valence-electron chi connectivity index (χ4n) is 6.88. The molecule has 0 saturated carbocycles. The molecule has 1 spiro atoms. The molecule has 2 aliphatic heterocycles. The highest BCUT2D eigenvalue weighted by atomic mass is 15.2. The van der Waals surface area contributed by atoms with Gasteiger partial charge in [-0.1, -0.05) is 67.3 Å². The second-order valence-electron chi connectivity index (χ2n) is 11.9. The maximum absolute atomic E-state index is 4.60. The van der Waals surface area contributed by atoms with E-state index in [2.05, 4.69) is 109 Å². The minimum absolute atomic E-state index is 0.306. The molecule has 1 N–H and O–H groups in total. The van der Waals surface area contributed by atoms with Crippen LogP contribution in [0.4, 0.5) is 5.69 Å². The number of hydrogen-bond donors (Lipinski definition) is 1. The summed E-state index contributed by atoms with van der Waals surface area (Å²) in [5.41, 5.74) is 11.9. The van der Waals surface area contributed by atoms with E-state index in [4.69, 9.17) is 0 Å². The van der Waals surface area contributed by atoms with Crippen molar-refractivity contribution in [1.82, 2.24) is 10.2 Å². The van der Waals surface area contributed by atoms with Crippen molar-refractivity contribution < 1.29 is 0 Å². The van der Waals surface area contributed by atoms with Crippen LogP contribution in [0.5, 0.6) is 0 Å². The van der Waals surface area contributed by atoms with Crippen molar-refractivity contribution in [2.45, 2.75) is 52.0 Å². The van der Waals surface area contributed by atoms with Crippen LogP contribution < -0.4 is 10.2 Å². The molecule has 3 nitrogen and oxygen atoms in total. The largest absolute Gasteiger partial charge is 0.378 e. The summed E-state index contributed by atoms with van der Waals surface area (Å²) in [6.45, 7) is 17.9. The van der Waals surface area contributed by atoms with Gasteiger partial charge in [-0.15, -0.1) is 0 Å². The fourth-order valence-corrected chi connectivity index (χ4v) is 6.88. The van der Waals surface area contributed by atoms with Crippen LogP contribution in [-0.4, -0.2) is 31.1 Å². The van der Waals surface area contributed by atoms with Crippen LogP contribution in [0.3, 0.4) is 0 Å². The zero-order valence-corrected chi connectivity index (χ0v) is 23.1. The molecule has 3 heteroatoms. The SMILES string of the molecule is C=C(NC1CCc2ccc(C(=C)N3CCC4(CCN(c5ccc(C)cc5)CC4)C3)cc21)c1ccccc1C. The number of anilines is 1. The summed E-state index contributed by atoms with van der Waals surface area (Å²) in [5, 5.41) is 3.75. The molecule has 196 valence electrons. The van der Waals surface area contributed by atoms with Gasteiger partial charge in [0.1, 0.15) is 0 Å². The summed E-state index contributed by atoms with van der Waals surface area (Å²) < 4.78 is 0. The summed E-state index contributed by atoms with van der Waals surface area (Å²) >= 11 is 0. The second-order valence-corrected chi connectivity index (χ2v) is 11.9. The van der Waals surface area contributed by atoms with Crippen LogP contribution in [0.1, 0.15) is 65.1 Å². The predicted molar refractivity (Wildman–Crippen MR) is 161 cm³/mol. The zero-order chi connectivity index (χ0) is 26.3. The van der Waals surface area contributed by atoms with E-state index >= 15 is 0 Å². The summed E-state index contributed by atoms with van der Waals surface area (Å²) in [5.74, 6) is 0. The Morgan fingerprint density at radius 1 is 0.895 bits per heavy atom. The lowest BCUT2D eigenvalue weighted by Crippen LogP contribution is -2.41. The molecule has 38 heavy (non-hydrogen) atoms. The maximum Gasteiger partial charge on any atom is 0.0519 e. The van der Waals surface area contributed by atoms with Gasteiger partial charge in [0.25, 0.3) is 0 Å². The number of benzene rings is 3. The molecule has 0 radical (unpaired) electrons. The quantitative estimate of drug-likeness (QED) is 0.375. The van der Waals surface area contributed by atoms with Crippen molar-refractivity contribution in [2.75, 3.05) is 31.1 Å². The molecular formula is C35H41N3. The second kappa shape index (κ2) is 10.0. The predicted octanol–water partition coefficient (Wildman–Crippen LogP) is 7.51. The third kappa shape index (κ3) is 4.75. The van der Waals surface area contributed by atoms with Crippen LogP contribution in [0, 0.1) is 19.3 Å². The Balaban J connectivity index is 1.11. The highest BCUT2D eigenvalue weighted by Gasteiger charge is 2.41. The van der Waals surface area contributed by atoms with Gasteiger partial charge < -0.3 is 15.1 Å². The van der Waals surface area contributed by atoms with Crippen molar-refractivity contribution in [3.05, 3.63) is 113 Å². The normalized spacial score (nSPS) is 20.0. The first-order valence-electron chi connectivity index (χ1n) is 14.3. The topological polar surface area (TPSA) is 18.5 Å². The van der Waals surface area contributed by atoms with E-state index in [9.17, 15) is 0 Å². The van der Waals surface area contributed by atoms with E-state index in [0.29, 0.717) is 11.5 Å². The first-order chi connectivity index (χ1) is 18.4. The standard InChI is InChI=1S/C35H41N3/c1-25-9-14-31(15-10-25)37-20-17-35(18-21-37)19-22-38(24-35)28(4)30-12-11-29-13-16-34(33(29)23-30)36-27(3)32-8-6-5-7-26(32)2/h5-12,14-15,23,34,36H,3-4,13,16-22,24H2,1-2H3. The average molecular weight is 504 g/mol. The molecule has 3 aliphatic rings. The van der Waals surface area contributed by atoms with Crippen molar-refractivity contribution in [3.63, 3.8) is 0 Å². The Hall–Kier alpha value is -3.46. The minimum Gasteiger partial charge on any atom is -0.378 e. The Bertz CT molecular complexity index is 1340. The fraction of sp³-hybridized carbons (Fsp3) is 0.371. The lowest BCUT2D eigenvalue weighted by molar-refractivity contribution is 0.231. The van der Waals surface area contributed by atoms with E-state index in [1.807, 2.05) is 0 Å². The lowest BCUT2D eigenvalue weighted by atomic mass is 9.77. The molecule has 6 rings (SSSR count). The van der Waals surface area contributed by atoms with Gasteiger partial charge in [0.05, 0.1) is 6.04 Å². The monoisotopic (exact) mass is 503 g/mol. The van der Waals surface area contributed by atoms with E-state index in [-0.39, 0.29) is 0 Å². The summed E-state index contributed by atoms with van der Waals surface area (Å²) in [7, 11) is 0.